The van der Waals surface area contributed by atoms with Crippen LogP contribution in [0.3, 0.4) is 0 Å². The van der Waals surface area contributed by atoms with Crippen LogP contribution in [-0.4, -0.2) is 12.9 Å². The molecule has 0 radical (unpaired) electrons. The van der Waals surface area contributed by atoms with Crippen molar-refractivity contribution in [3.8, 4) is 5.75 Å². The Balaban J connectivity index is 2.21. The summed E-state index contributed by atoms with van der Waals surface area (Å²) in [6.07, 6.45) is 0. The minimum absolute atomic E-state index is 0.0869. The van der Waals surface area contributed by atoms with Crippen LogP contribution in [0.5, 0.6) is 5.75 Å². The Labute approximate surface area is 110 Å². The molecule has 0 aliphatic rings. The first-order valence-electron chi connectivity index (χ1n) is 5.46. The summed E-state index contributed by atoms with van der Waals surface area (Å²) in [7, 11) is 1.66. The Morgan fingerprint density at radius 1 is 1.11 bits per heavy atom. The van der Waals surface area contributed by atoms with Gasteiger partial charge >= 0.3 is 0 Å². The van der Waals surface area contributed by atoms with E-state index in [1.54, 1.807) is 18.9 Å². The summed E-state index contributed by atoms with van der Waals surface area (Å²) in [6, 6.07) is 15.5. The van der Waals surface area contributed by atoms with Gasteiger partial charge in [-0.2, -0.15) is 0 Å². The molecule has 18 heavy (non-hydrogen) atoms. The Kier molecular flexibility index (Phi) is 3.89. The van der Waals surface area contributed by atoms with Crippen molar-refractivity contribution in [2.24, 2.45) is 5.73 Å². The van der Waals surface area contributed by atoms with E-state index < -0.39 is 0 Å². The number of hydrogen-bond acceptors (Lipinski definition) is 3. The summed E-state index contributed by atoms with van der Waals surface area (Å²) in [5, 5.41) is 7.34. The van der Waals surface area contributed by atoms with Gasteiger partial charge in [-0.15, -0.1) is 0 Å². The fraction of sp³-hybridized carbons (Fsp3) is 0.0714. The molecule has 4 heteroatoms. The Morgan fingerprint density at radius 3 is 2.39 bits per heavy atom. The standard InChI is InChI=1S/C14H14N2OS/c1-17-12-4-2-3-5-13(12)18-11-8-6-10(7-9-11)14(15)16/h2-9H,1H3,(H3,15,16). The Bertz CT molecular complexity index is 552. The molecular weight excluding hydrogens is 244 g/mol. The molecule has 0 saturated carbocycles. The van der Waals surface area contributed by atoms with E-state index >= 15 is 0 Å². The number of hydrogen-bond donors (Lipinski definition) is 2. The Hall–Kier alpha value is -1.94. The molecule has 0 aromatic heterocycles. The van der Waals surface area contributed by atoms with Gasteiger partial charge in [0, 0.05) is 10.5 Å². The number of methoxy groups -OCH3 is 1. The van der Waals surface area contributed by atoms with Crippen LogP contribution in [0, 0.1) is 5.41 Å². The second-order valence-electron chi connectivity index (χ2n) is 3.69. The van der Waals surface area contributed by atoms with Crippen LogP contribution in [-0.2, 0) is 0 Å². The maximum absolute atomic E-state index is 7.34. The minimum atomic E-state index is 0.0869. The van der Waals surface area contributed by atoms with Gasteiger partial charge in [0.2, 0.25) is 0 Å². The number of benzene rings is 2. The van der Waals surface area contributed by atoms with E-state index in [4.69, 9.17) is 15.9 Å². The summed E-state index contributed by atoms with van der Waals surface area (Å²) < 4.78 is 5.30. The number of para-hydroxylation sites is 1. The third kappa shape index (κ3) is 2.84. The van der Waals surface area contributed by atoms with E-state index in [1.165, 1.54) is 0 Å². The first-order valence-corrected chi connectivity index (χ1v) is 6.27. The smallest absolute Gasteiger partial charge is 0.132 e. The first-order chi connectivity index (χ1) is 8.70. The average molecular weight is 258 g/mol. The van der Waals surface area contributed by atoms with Gasteiger partial charge in [0.05, 0.1) is 12.0 Å². The monoisotopic (exact) mass is 258 g/mol. The average Bonchev–Trinajstić information content (AvgIpc) is 2.40. The van der Waals surface area contributed by atoms with Crippen LogP contribution >= 0.6 is 11.8 Å². The highest BCUT2D eigenvalue weighted by Gasteiger charge is 2.04. The number of amidine groups is 1. The third-order valence-electron chi connectivity index (χ3n) is 2.46. The van der Waals surface area contributed by atoms with Crippen molar-refractivity contribution in [2.45, 2.75) is 9.79 Å². The van der Waals surface area contributed by atoms with Gasteiger partial charge in [0.25, 0.3) is 0 Å². The largest absolute Gasteiger partial charge is 0.496 e. The van der Waals surface area contributed by atoms with Crippen LogP contribution in [0.4, 0.5) is 0 Å². The molecule has 0 amide bonds. The fourth-order valence-corrected chi connectivity index (χ4v) is 2.46. The SMILES string of the molecule is COc1ccccc1Sc1ccc(C(=N)N)cc1. The topological polar surface area (TPSA) is 59.1 Å². The molecule has 2 aromatic carbocycles. The normalized spacial score (nSPS) is 10.1. The molecule has 0 saturated heterocycles. The van der Waals surface area contributed by atoms with E-state index in [2.05, 4.69) is 0 Å². The summed E-state index contributed by atoms with van der Waals surface area (Å²) in [4.78, 5) is 2.15. The fourth-order valence-electron chi connectivity index (χ4n) is 1.53. The highest BCUT2D eigenvalue weighted by Crippen LogP contribution is 2.34. The molecule has 0 spiro atoms. The number of nitrogens with one attached hydrogen (secondary N) is 1. The predicted molar refractivity (Wildman–Crippen MR) is 74.6 cm³/mol. The Morgan fingerprint density at radius 2 is 1.78 bits per heavy atom. The van der Waals surface area contributed by atoms with Gasteiger partial charge < -0.3 is 10.5 Å². The molecule has 0 bridgehead atoms. The van der Waals surface area contributed by atoms with Crippen LogP contribution in [0.15, 0.2) is 58.3 Å². The van der Waals surface area contributed by atoms with Crippen LogP contribution < -0.4 is 10.5 Å². The molecular formula is C14H14N2OS. The lowest BCUT2D eigenvalue weighted by molar-refractivity contribution is 0.405. The van der Waals surface area contributed by atoms with E-state index in [0.717, 1.165) is 21.1 Å². The van der Waals surface area contributed by atoms with Crippen molar-refractivity contribution in [1.29, 1.82) is 5.41 Å². The van der Waals surface area contributed by atoms with Crippen molar-refractivity contribution in [3.05, 3.63) is 54.1 Å². The molecule has 0 heterocycles. The van der Waals surface area contributed by atoms with Gasteiger partial charge in [0.15, 0.2) is 0 Å². The zero-order valence-electron chi connectivity index (χ0n) is 10.0. The molecule has 0 atom stereocenters. The van der Waals surface area contributed by atoms with E-state index in [1.807, 2.05) is 48.5 Å². The van der Waals surface area contributed by atoms with E-state index in [-0.39, 0.29) is 5.84 Å². The van der Waals surface area contributed by atoms with Gasteiger partial charge in [0.1, 0.15) is 11.6 Å². The van der Waals surface area contributed by atoms with Crippen LogP contribution in [0.1, 0.15) is 5.56 Å². The van der Waals surface area contributed by atoms with Crippen LogP contribution in [0.2, 0.25) is 0 Å². The van der Waals surface area contributed by atoms with Crippen molar-refractivity contribution in [3.63, 3.8) is 0 Å². The molecule has 0 fully saturated rings. The second kappa shape index (κ2) is 5.60. The lowest BCUT2D eigenvalue weighted by Gasteiger charge is -2.07. The molecule has 2 rings (SSSR count). The summed E-state index contributed by atoms with van der Waals surface area (Å²) >= 11 is 1.62. The van der Waals surface area contributed by atoms with Gasteiger partial charge in [-0.25, -0.2) is 0 Å². The summed E-state index contributed by atoms with van der Waals surface area (Å²) in [5.41, 5.74) is 6.15. The van der Waals surface area contributed by atoms with Crippen molar-refractivity contribution in [2.75, 3.05) is 7.11 Å². The number of ether oxygens (including phenoxy) is 1. The lowest BCUT2D eigenvalue weighted by atomic mass is 10.2. The van der Waals surface area contributed by atoms with Crippen molar-refractivity contribution >= 4 is 17.6 Å². The highest BCUT2D eigenvalue weighted by molar-refractivity contribution is 7.99. The van der Waals surface area contributed by atoms with Crippen molar-refractivity contribution < 1.29 is 4.74 Å². The first kappa shape index (κ1) is 12.5. The van der Waals surface area contributed by atoms with E-state index in [9.17, 15) is 0 Å². The molecule has 92 valence electrons. The third-order valence-corrected chi connectivity index (χ3v) is 3.53. The lowest BCUT2D eigenvalue weighted by Crippen LogP contribution is -2.10. The maximum Gasteiger partial charge on any atom is 0.132 e. The molecule has 2 aromatic rings. The minimum Gasteiger partial charge on any atom is -0.496 e. The summed E-state index contributed by atoms with van der Waals surface area (Å²) in [6.45, 7) is 0. The van der Waals surface area contributed by atoms with Gasteiger partial charge in [-0.3, -0.25) is 5.41 Å². The molecule has 0 unspecified atom stereocenters. The zero-order chi connectivity index (χ0) is 13.0. The second-order valence-corrected chi connectivity index (χ2v) is 4.81. The number of nitrogen functional groups attached to an aromatic ring is 1. The van der Waals surface area contributed by atoms with Crippen LogP contribution in [0.25, 0.3) is 0 Å². The number of nitrogens with two attached hydrogens (primary N) is 1. The predicted octanol–water partition coefficient (Wildman–Crippen LogP) is 3.13. The quantitative estimate of drug-likeness (QED) is 0.654. The zero-order valence-corrected chi connectivity index (χ0v) is 10.8. The molecule has 3 N–H and O–H groups in total. The highest BCUT2D eigenvalue weighted by atomic mass is 32.2. The summed E-state index contributed by atoms with van der Waals surface area (Å²) in [5.74, 6) is 0.946. The van der Waals surface area contributed by atoms with Gasteiger partial charge in [-0.05, 0) is 24.3 Å². The van der Waals surface area contributed by atoms with Gasteiger partial charge in [-0.1, -0.05) is 36.0 Å². The molecule has 0 aliphatic carbocycles. The van der Waals surface area contributed by atoms with E-state index in [0.29, 0.717) is 0 Å². The molecule has 3 nitrogen and oxygen atoms in total. The maximum atomic E-state index is 7.34. The molecule has 0 aliphatic heterocycles. The van der Waals surface area contributed by atoms with Crippen molar-refractivity contribution in [1.82, 2.24) is 0 Å². The number of rotatable bonds is 4.